The van der Waals surface area contributed by atoms with Crippen LogP contribution in [0.4, 0.5) is 11.4 Å². The van der Waals surface area contributed by atoms with Crippen molar-refractivity contribution in [2.75, 3.05) is 10.6 Å². The fraction of sp³-hybridized carbons (Fsp3) is 0.370. The van der Waals surface area contributed by atoms with Crippen molar-refractivity contribution < 1.29 is 0 Å². The number of benzene rings is 1. The molecule has 2 rings (SSSR count). The lowest BCUT2D eigenvalue weighted by Gasteiger charge is -2.23. The van der Waals surface area contributed by atoms with Gasteiger partial charge in [-0.3, -0.25) is 0 Å². The Hall–Kier alpha value is -2.79. The van der Waals surface area contributed by atoms with Crippen LogP contribution in [0.1, 0.15) is 69.5 Å². The maximum atomic E-state index is 4.67. The molecule has 172 valence electrons. The van der Waals surface area contributed by atoms with Gasteiger partial charge < -0.3 is 16.0 Å². The van der Waals surface area contributed by atoms with Gasteiger partial charge in [0.25, 0.3) is 0 Å². The molecule has 0 amide bonds. The van der Waals surface area contributed by atoms with Crippen molar-refractivity contribution in [3.63, 3.8) is 0 Å². The van der Waals surface area contributed by atoms with E-state index in [1.807, 2.05) is 31.2 Å². The molecule has 1 aromatic heterocycles. The monoisotopic (exact) mass is 450 g/mol. The molecule has 32 heavy (non-hydrogen) atoms. The number of rotatable bonds is 10. The van der Waals surface area contributed by atoms with E-state index in [1.54, 1.807) is 11.3 Å². The van der Waals surface area contributed by atoms with Gasteiger partial charge in [-0.05, 0) is 55.0 Å². The van der Waals surface area contributed by atoms with Crippen LogP contribution in [-0.4, -0.2) is 4.98 Å². The molecule has 0 fully saturated rings. The van der Waals surface area contributed by atoms with Gasteiger partial charge in [-0.15, -0.1) is 11.3 Å². The minimum atomic E-state index is 0.119. The zero-order valence-corrected chi connectivity index (χ0v) is 21.5. The standard InChI is InChI=1S/C27H38N4S/c1-11-22(27(8,9)10)16-18(4)28-20(6)30-24-14-12-23(13-15-24)29-19(5)25-26(17(2)3)32-21(7)31-25/h12-17,28-30H,4-6,11H2,1-3,7-10H3/b22-16+. The molecule has 0 saturated heterocycles. The number of nitrogens with one attached hydrogen (secondary N) is 3. The Bertz CT molecular complexity index is 1000. The highest BCUT2D eigenvalue weighted by Crippen LogP contribution is 2.31. The van der Waals surface area contributed by atoms with Crippen LogP contribution in [0.2, 0.25) is 0 Å². The van der Waals surface area contributed by atoms with Crippen molar-refractivity contribution in [3.05, 3.63) is 82.7 Å². The van der Waals surface area contributed by atoms with Crippen molar-refractivity contribution in [2.45, 2.75) is 60.8 Å². The molecule has 0 aliphatic carbocycles. The molecule has 0 bridgehead atoms. The first-order valence-electron chi connectivity index (χ1n) is 11.1. The number of anilines is 2. The lowest BCUT2D eigenvalue weighted by atomic mass is 9.84. The molecule has 4 nitrogen and oxygen atoms in total. The van der Waals surface area contributed by atoms with Crippen molar-refractivity contribution in [3.8, 4) is 0 Å². The van der Waals surface area contributed by atoms with Gasteiger partial charge >= 0.3 is 0 Å². The molecule has 0 radical (unpaired) electrons. The minimum Gasteiger partial charge on any atom is -0.354 e. The van der Waals surface area contributed by atoms with Gasteiger partial charge in [-0.25, -0.2) is 4.98 Å². The summed E-state index contributed by atoms with van der Waals surface area (Å²) in [5, 5.41) is 11.0. The van der Waals surface area contributed by atoms with E-state index < -0.39 is 0 Å². The molecular formula is C27H38N4S. The summed E-state index contributed by atoms with van der Waals surface area (Å²) in [6, 6.07) is 8.03. The summed E-state index contributed by atoms with van der Waals surface area (Å²) in [4.78, 5) is 5.92. The first kappa shape index (κ1) is 25.5. The van der Waals surface area contributed by atoms with Crippen molar-refractivity contribution in [1.29, 1.82) is 0 Å². The molecule has 0 aliphatic rings. The van der Waals surface area contributed by atoms with E-state index in [0.29, 0.717) is 11.7 Å². The lowest BCUT2D eigenvalue weighted by molar-refractivity contribution is 0.487. The lowest BCUT2D eigenvalue weighted by Crippen LogP contribution is -2.18. The summed E-state index contributed by atoms with van der Waals surface area (Å²) in [5.41, 5.74) is 5.96. The third-order valence-corrected chi connectivity index (χ3v) is 6.32. The van der Waals surface area contributed by atoms with E-state index in [9.17, 15) is 0 Å². The number of aromatic nitrogens is 1. The van der Waals surface area contributed by atoms with Crippen molar-refractivity contribution in [2.24, 2.45) is 5.41 Å². The Balaban J connectivity index is 1.98. The highest BCUT2D eigenvalue weighted by atomic mass is 32.1. The normalized spacial score (nSPS) is 11.9. The first-order chi connectivity index (χ1) is 14.9. The van der Waals surface area contributed by atoms with Crippen LogP contribution in [0.25, 0.3) is 5.70 Å². The molecular weight excluding hydrogens is 412 g/mol. The van der Waals surface area contributed by atoms with Gasteiger partial charge in [0, 0.05) is 21.9 Å². The highest BCUT2D eigenvalue weighted by Gasteiger charge is 2.16. The molecule has 5 heteroatoms. The molecule has 3 N–H and O–H groups in total. The number of aryl methyl sites for hydroxylation is 1. The van der Waals surface area contributed by atoms with Gasteiger partial charge in [-0.2, -0.15) is 0 Å². The van der Waals surface area contributed by atoms with Crippen molar-refractivity contribution >= 4 is 28.4 Å². The van der Waals surface area contributed by atoms with Gasteiger partial charge in [0.2, 0.25) is 0 Å². The maximum absolute atomic E-state index is 4.67. The van der Waals surface area contributed by atoms with E-state index in [0.717, 1.165) is 39.9 Å². The van der Waals surface area contributed by atoms with E-state index in [4.69, 9.17) is 0 Å². The Labute approximate surface area is 198 Å². The van der Waals surface area contributed by atoms with Crippen LogP contribution in [-0.2, 0) is 0 Å². The third kappa shape index (κ3) is 7.13. The maximum Gasteiger partial charge on any atom is 0.100 e. The second kappa shape index (κ2) is 10.7. The molecule has 0 aliphatic heterocycles. The van der Waals surface area contributed by atoms with E-state index in [-0.39, 0.29) is 5.41 Å². The van der Waals surface area contributed by atoms with Gasteiger partial charge in [-0.1, -0.05) is 66.9 Å². The van der Waals surface area contributed by atoms with Gasteiger partial charge in [0.1, 0.15) is 11.5 Å². The minimum absolute atomic E-state index is 0.119. The molecule has 0 unspecified atom stereocenters. The van der Waals surface area contributed by atoms with Crippen LogP contribution in [0.5, 0.6) is 0 Å². The van der Waals surface area contributed by atoms with E-state index >= 15 is 0 Å². The number of hydrogen-bond donors (Lipinski definition) is 3. The zero-order valence-electron chi connectivity index (χ0n) is 20.6. The number of allylic oxidation sites excluding steroid dienone is 2. The fourth-order valence-corrected chi connectivity index (χ4v) is 4.37. The molecule has 0 atom stereocenters. The number of nitrogens with zero attached hydrogens (tertiary/aromatic N) is 1. The predicted octanol–water partition coefficient (Wildman–Crippen LogP) is 8.03. The predicted molar refractivity (Wildman–Crippen MR) is 143 cm³/mol. The fourth-order valence-electron chi connectivity index (χ4n) is 3.42. The number of hydrogen-bond acceptors (Lipinski definition) is 5. The summed E-state index contributed by atoms with van der Waals surface area (Å²) < 4.78 is 0. The summed E-state index contributed by atoms with van der Waals surface area (Å²) in [5.74, 6) is 1.10. The molecule has 1 aromatic carbocycles. The smallest absolute Gasteiger partial charge is 0.100 e. The second-order valence-corrected chi connectivity index (χ2v) is 10.5. The largest absolute Gasteiger partial charge is 0.354 e. The number of thiazole rings is 1. The van der Waals surface area contributed by atoms with E-state index in [1.165, 1.54) is 10.5 Å². The second-order valence-electron chi connectivity index (χ2n) is 9.31. The van der Waals surface area contributed by atoms with Gasteiger partial charge in [0.05, 0.1) is 10.7 Å². The average Bonchev–Trinajstić information content (AvgIpc) is 3.09. The quantitative estimate of drug-likeness (QED) is 0.321. The summed E-state index contributed by atoms with van der Waals surface area (Å²) >= 11 is 1.73. The summed E-state index contributed by atoms with van der Waals surface area (Å²) in [7, 11) is 0. The Morgan fingerprint density at radius 3 is 2.12 bits per heavy atom. The highest BCUT2D eigenvalue weighted by molar-refractivity contribution is 7.11. The van der Waals surface area contributed by atoms with Crippen LogP contribution in [0.3, 0.4) is 0 Å². The Morgan fingerprint density at radius 2 is 1.62 bits per heavy atom. The van der Waals surface area contributed by atoms with Gasteiger partial charge in [0.15, 0.2) is 0 Å². The van der Waals surface area contributed by atoms with Crippen LogP contribution in [0, 0.1) is 12.3 Å². The summed E-state index contributed by atoms with van der Waals surface area (Å²) in [6.07, 6.45) is 3.10. The topological polar surface area (TPSA) is 49.0 Å². The van der Waals surface area contributed by atoms with Crippen LogP contribution < -0.4 is 16.0 Å². The molecule has 0 spiro atoms. The van der Waals surface area contributed by atoms with E-state index in [2.05, 4.69) is 88.3 Å². The summed E-state index contributed by atoms with van der Waals surface area (Å²) in [6.45, 7) is 27.6. The zero-order chi connectivity index (χ0) is 24.1. The SMILES string of the molecule is C=C(/C=C(\CC)C(C)(C)C)NC(=C)Nc1ccc(NC(=C)c2nc(C)sc2C(C)C)cc1. The average molecular weight is 451 g/mol. The molecule has 0 saturated carbocycles. The first-order valence-corrected chi connectivity index (χ1v) is 11.9. The van der Waals surface area contributed by atoms with Crippen LogP contribution >= 0.6 is 11.3 Å². The Kier molecular flexibility index (Phi) is 8.51. The van der Waals surface area contributed by atoms with Crippen LogP contribution in [0.15, 0.2) is 67.2 Å². The third-order valence-electron chi connectivity index (χ3n) is 5.05. The van der Waals surface area contributed by atoms with Crippen molar-refractivity contribution in [1.82, 2.24) is 10.3 Å². The molecule has 1 heterocycles. The molecule has 2 aromatic rings. The Morgan fingerprint density at radius 1 is 1.06 bits per heavy atom.